The van der Waals surface area contributed by atoms with Crippen LogP contribution in [0.25, 0.3) is 0 Å². The molecule has 2 rings (SSSR count). The zero-order valence-electron chi connectivity index (χ0n) is 10.3. The molecule has 3 nitrogen and oxygen atoms in total. The second-order valence-electron chi connectivity index (χ2n) is 4.42. The molecule has 1 N–H and O–H groups in total. The van der Waals surface area contributed by atoms with Gasteiger partial charge in [0.15, 0.2) is 0 Å². The minimum Gasteiger partial charge on any atom is -0.314 e. The highest BCUT2D eigenvalue weighted by Gasteiger charge is 2.15. The molecule has 1 unspecified atom stereocenters. The van der Waals surface area contributed by atoms with Gasteiger partial charge in [-0.1, -0.05) is 17.9 Å². The van der Waals surface area contributed by atoms with E-state index in [1.165, 1.54) is 5.56 Å². The molecule has 17 heavy (non-hydrogen) atoms. The summed E-state index contributed by atoms with van der Waals surface area (Å²) in [7, 11) is 0. The lowest BCUT2D eigenvalue weighted by molar-refractivity contribution is 0.196. The fourth-order valence-electron chi connectivity index (χ4n) is 1.94. The number of piperazine rings is 1. The van der Waals surface area contributed by atoms with E-state index in [9.17, 15) is 0 Å². The highest BCUT2D eigenvalue weighted by Crippen LogP contribution is 2.00. The van der Waals surface area contributed by atoms with E-state index >= 15 is 0 Å². The number of pyridine rings is 1. The Morgan fingerprint density at radius 3 is 3.24 bits per heavy atom. The van der Waals surface area contributed by atoms with Gasteiger partial charge in [0.05, 0.1) is 6.54 Å². The van der Waals surface area contributed by atoms with Crippen molar-refractivity contribution in [2.24, 2.45) is 0 Å². The minimum absolute atomic E-state index is 0.594. The van der Waals surface area contributed by atoms with Crippen LogP contribution in [0.15, 0.2) is 24.5 Å². The van der Waals surface area contributed by atoms with Crippen LogP contribution in [0.3, 0.4) is 0 Å². The van der Waals surface area contributed by atoms with E-state index < -0.39 is 0 Å². The van der Waals surface area contributed by atoms with Gasteiger partial charge in [-0.05, 0) is 18.6 Å². The molecule has 1 aliphatic rings. The summed E-state index contributed by atoms with van der Waals surface area (Å²) in [6, 6.07) is 4.61. The first kappa shape index (κ1) is 12.1. The molecule has 1 atom stereocenters. The minimum atomic E-state index is 0.594. The molecule has 90 valence electrons. The summed E-state index contributed by atoms with van der Waals surface area (Å²) in [5.74, 6) is 6.47. The van der Waals surface area contributed by atoms with Gasteiger partial charge in [-0.15, -0.1) is 0 Å². The maximum absolute atomic E-state index is 4.08. The topological polar surface area (TPSA) is 28.2 Å². The van der Waals surface area contributed by atoms with E-state index in [4.69, 9.17) is 0 Å². The molecule has 0 radical (unpaired) electrons. The summed E-state index contributed by atoms with van der Waals surface area (Å²) in [5.41, 5.74) is 1.19. The third kappa shape index (κ3) is 3.85. The highest BCUT2D eigenvalue weighted by molar-refractivity contribution is 5.17. The van der Waals surface area contributed by atoms with E-state index in [0.29, 0.717) is 6.04 Å². The van der Waals surface area contributed by atoms with Crippen LogP contribution < -0.4 is 5.32 Å². The molecule has 1 fully saturated rings. The lowest BCUT2D eigenvalue weighted by Crippen LogP contribution is -2.49. The van der Waals surface area contributed by atoms with E-state index in [1.807, 2.05) is 12.3 Å². The van der Waals surface area contributed by atoms with Crippen molar-refractivity contribution in [3.8, 4) is 11.8 Å². The van der Waals surface area contributed by atoms with Crippen molar-refractivity contribution in [2.45, 2.75) is 19.4 Å². The maximum Gasteiger partial charge on any atom is 0.0604 e. The molecule has 0 spiro atoms. The lowest BCUT2D eigenvalue weighted by atomic mass is 10.2. The van der Waals surface area contributed by atoms with Crippen LogP contribution in [-0.4, -0.2) is 42.1 Å². The standard InChI is InChI=1S/C14H19N3/c1-13-11-16-8-10-17(13)9-3-2-5-14-6-4-7-15-12-14/h4,6-7,12-13,16H,5,8-11H2,1H3. The quantitative estimate of drug-likeness (QED) is 0.764. The van der Waals surface area contributed by atoms with Crippen molar-refractivity contribution < 1.29 is 0 Å². The van der Waals surface area contributed by atoms with Crippen LogP contribution in [-0.2, 0) is 6.42 Å². The Morgan fingerprint density at radius 2 is 2.47 bits per heavy atom. The Bertz CT molecular complexity index is 391. The molecule has 3 heteroatoms. The third-order valence-electron chi connectivity index (χ3n) is 3.06. The smallest absolute Gasteiger partial charge is 0.0604 e. The van der Waals surface area contributed by atoms with Gasteiger partial charge in [-0.3, -0.25) is 9.88 Å². The van der Waals surface area contributed by atoms with Crippen molar-refractivity contribution in [3.05, 3.63) is 30.1 Å². The van der Waals surface area contributed by atoms with E-state index in [-0.39, 0.29) is 0 Å². The SMILES string of the molecule is CC1CNCCN1CC#CCc1cccnc1. The lowest BCUT2D eigenvalue weighted by Gasteiger charge is -2.32. The molecule has 0 aromatic carbocycles. The zero-order chi connectivity index (χ0) is 11.9. The van der Waals surface area contributed by atoms with Crippen LogP contribution >= 0.6 is 0 Å². The van der Waals surface area contributed by atoms with Gasteiger partial charge < -0.3 is 5.32 Å². The number of nitrogens with zero attached hydrogens (tertiary/aromatic N) is 2. The predicted molar refractivity (Wildman–Crippen MR) is 69.6 cm³/mol. The van der Waals surface area contributed by atoms with Gasteiger partial charge in [-0.2, -0.15) is 0 Å². The van der Waals surface area contributed by atoms with Crippen molar-refractivity contribution in [1.29, 1.82) is 0 Å². The molecule has 2 heterocycles. The highest BCUT2D eigenvalue weighted by atomic mass is 15.2. The average Bonchev–Trinajstić information content (AvgIpc) is 2.38. The zero-order valence-corrected chi connectivity index (χ0v) is 10.3. The second kappa shape index (κ2) is 6.39. The summed E-state index contributed by atoms with van der Waals surface area (Å²) >= 11 is 0. The molecule has 1 aromatic rings. The van der Waals surface area contributed by atoms with Crippen LogP contribution in [0.5, 0.6) is 0 Å². The average molecular weight is 229 g/mol. The van der Waals surface area contributed by atoms with Crippen molar-refractivity contribution >= 4 is 0 Å². The molecule has 1 aromatic heterocycles. The fraction of sp³-hybridized carbons (Fsp3) is 0.500. The number of aromatic nitrogens is 1. The molecule has 1 saturated heterocycles. The number of nitrogens with one attached hydrogen (secondary N) is 1. The van der Waals surface area contributed by atoms with Gasteiger partial charge >= 0.3 is 0 Å². The Morgan fingerprint density at radius 1 is 1.53 bits per heavy atom. The van der Waals surface area contributed by atoms with Crippen molar-refractivity contribution in [3.63, 3.8) is 0 Å². The predicted octanol–water partition coefficient (Wildman–Crippen LogP) is 0.921. The molecular formula is C14H19N3. The Balaban J connectivity index is 1.78. The first-order valence-corrected chi connectivity index (χ1v) is 6.15. The summed E-state index contributed by atoms with van der Waals surface area (Å²) in [5, 5.41) is 3.38. The maximum atomic E-state index is 4.08. The first-order valence-electron chi connectivity index (χ1n) is 6.15. The van der Waals surface area contributed by atoms with Crippen LogP contribution in [0.4, 0.5) is 0 Å². The van der Waals surface area contributed by atoms with Gasteiger partial charge in [0.1, 0.15) is 0 Å². The monoisotopic (exact) mass is 229 g/mol. The molecule has 0 amide bonds. The molecule has 0 saturated carbocycles. The Labute approximate surface area is 103 Å². The van der Waals surface area contributed by atoms with Crippen molar-refractivity contribution in [2.75, 3.05) is 26.2 Å². The van der Waals surface area contributed by atoms with Gasteiger partial charge in [0.25, 0.3) is 0 Å². The second-order valence-corrected chi connectivity index (χ2v) is 4.42. The van der Waals surface area contributed by atoms with E-state index in [1.54, 1.807) is 6.20 Å². The largest absolute Gasteiger partial charge is 0.314 e. The molecule has 0 bridgehead atoms. The summed E-state index contributed by atoms with van der Waals surface area (Å²) in [6.07, 6.45) is 4.47. The van der Waals surface area contributed by atoms with E-state index in [0.717, 1.165) is 32.6 Å². The summed E-state index contributed by atoms with van der Waals surface area (Å²) in [6.45, 7) is 6.37. The number of rotatable bonds is 2. The number of hydrogen-bond acceptors (Lipinski definition) is 3. The summed E-state index contributed by atoms with van der Waals surface area (Å²) in [4.78, 5) is 6.50. The summed E-state index contributed by atoms with van der Waals surface area (Å²) < 4.78 is 0. The molecule has 1 aliphatic heterocycles. The van der Waals surface area contributed by atoms with E-state index in [2.05, 4.69) is 40.0 Å². The van der Waals surface area contributed by atoms with Gasteiger partial charge in [0, 0.05) is 44.5 Å². The molecular weight excluding hydrogens is 210 g/mol. The van der Waals surface area contributed by atoms with Gasteiger partial charge in [-0.25, -0.2) is 0 Å². The van der Waals surface area contributed by atoms with Crippen LogP contribution in [0, 0.1) is 11.8 Å². The third-order valence-corrected chi connectivity index (χ3v) is 3.06. The van der Waals surface area contributed by atoms with Crippen LogP contribution in [0.2, 0.25) is 0 Å². The normalized spacial score (nSPS) is 20.6. The van der Waals surface area contributed by atoms with Crippen LogP contribution in [0.1, 0.15) is 12.5 Å². The number of hydrogen-bond donors (Lipinski definition) is 1. The Kier molecular flexibility index (Phi) is 4.54. The Hall–Kier alpha value is -1.37. The van der Waals surface area contributed by atoms with Gasteiger partial charge in [0.2, 0.25) is 0 Å². The molecule has 0 aliphatic carbocycles. The fourth-order valence-corrected chi connectivity index (χ4v) is 1.94. The van der Waals surface area contributed by atoms with Crippen molar-refractivity contribution in [1.82, 2.24) is 15.2 Å². The first-order chi connectivity index (χ1) is 8.36.